The summed E-state index contributed by atoms with van der Waals surface area (Å²) in [5.41, 5.74) is 3.25. The summed E-state index contributed by atoms with van der Waals surface area (Å²) in [6.07, 6.45) is 0.961. The van der Waals surface area contributed by atoms with Gasteiger partial charge >= 0.3 is 0 Å². The first kappa shape index (κ1) is 17.4. The van der Waals surface area contributed by atoms with Crippen molar-refractivity contribution in [2.24, 2.45) is 0 Å². The maximum atomic E-state index is 10.4. The molecule has 25 heavy (non-hydrogen) atoms. The van der Waals surface area contributed by atoms with E-state index in [1.165, 1.54) is 5.56 Å². The molecular formula is C20H26NO4+. The fourth-order valence-corrected chi connectivity index (χ4v) is 3.40. The van der Waals surface area contributed by atoms with Crippen LogP contribution in [0.3, 0.4) is 0 Å². The quantitative estimate of drug-likeness (QED) is 0.845. The Hall–Kier alpha value is -2.40. The number of benzene rings is 2. The van der Waals surface area contributed by atoms with Gasteiger partial charge in [-0.1, -0.05) is 0 Å². The molecule has 5 nitrogen and oxygen atoms in total. The van der Waals surface area contributed by atoms with Gasteiger partial charge in [-0.3, -0.25) is 0 Å². The Kier molecular flexibility index (Phi) is 5.34. The van der Waals surface area contributed by atoms with Crippen molar-refractivity contribution in [3.8, 4) is 23.0 Å². The third kappa shape index (κ3) is 3.51. The van der Waals surface area contributed by atoms with Crippen molar-refractivity contribution in [1.29, 1.82) is 0 Å². The number of methoxy groups -OCH3 is 1. The van der Waals surface area contributed by atoms with Crippen LogP contribution in [0.2, 0.25) is 0 Å². The molecule has 0 radical (unpaired) electrons. The minimum Gasteiger partial charge on any atom is -0.507 e. The molecular weight excluding hydrogens is 318 g/mol. The van der Waals surface area contributed by atoms with Crippen molar-refractivity contribution in [2.45, 2.75) is 26.3 Å². The van der Waals surface area contributed by atoms with E-state index in [-0.39, 0.29) is 11.8 Å². The van der Waals surface area contributed by atoms with Gasteiger partial charge in [-0.05, 0) is 49.7 Å². The highest BCUT2D eigenvalue weighted by atomic mass is 16.5. The van der Waals surface area contributed by atoms with Gasteiger partial charge in [-0.25, -0.2) is 0 Å². The third-order valence-electron chi connectivity index (χ3n) is 4.53. The minimum absolute atomic E-state index is 0.00809. The first-order chi connectivity index (χ1) is 12.2. The normalized spacial score (nSPS) is 16.2. The molecule has 2 aromatic carbocycles. The zero-order chi connectivity index (χ0) is 17.8. The van der Waals surface area contributed by atoms with E-state index in [2.05, 4.69) is 17.4 Å². The topological polar surface area (TPSA) is 64.5 Å². The van der Waals surface area contributed by atoms with Crippen molar-refractivity contribution in [3.63, 3.8) is 0 Å². The molecule has 0 spiro atoms. The molecule has 2 aromatic rings. The van der Waals surface area contributed by atoms with Crippen molar-refractivity contribution >= 4 is 0 Å². The molecule has 0 amide bonds. The number of quaternary nitrogens is 1. The summed E-state index contributed by atoms with van der Waals surface area (Å²) in [6.45, 7) is 6.07. The summed E-state index contributed by atoms with van der Waals surface area (Å²) in [4.78, 5) is 0. The van der Waals surface area contributed by atoms with E-state index in [4.69, 9.17) is 14.2 Å². The summed E-state index contributed by atoms with van der Waals surface area (Å²) in [6, 6.07) is 9.52. The predicted molar refractivity (Wildman–Crippen MR) is 95.8 cm³/mol. The number of ether oxygens (including phenoxy) is 3. The highest BCUT2D eigenvalue weighted by Crippen LogP contribution is 2.38. The number of aromatic hydroxyl groups is 1. The summed E-state index contributed by atoms with van der Waals surface area (Å²) >= 11 is 0. The van der Waals surface area contributed by atoms with E-state index in [9.17, 15) is 5.11 Å². The first-order valence-electron chi connectivity index (χ1n) is 8.80. The van der Waals surface area contributed by atoms with E-state index in [1.54, 1.807) is 19.2 Å². The zero-order valence-electron chi connectivity index (χ0n) is 15.0. The Morgan fingerprint density at radius 1 is 1.04 bits per heavy atom. The molecule has 3 N–H and O–H groups in total. The van der Waals surface area contributed by atoms with Crippen molar-refractivity contribution < 1.29 is 24.6 Å². The summed E-state index contributed by atoms with van der Waals surface area (Å²) in [7, 11) is 1.64. The van der Waals surface area contributed by atoms with Gasteiger partial charge in [0.15, 0.2) is 11.5 Å². The number of rotatable bonds is 6. The van der Waals surface area contributed by atoms with Crippen LogP contribution in [0.4, 0.5) is 0 Å². The van der Waals surface area contributed by atoms with Crippen LogP contribution in [0, 0.1) is 0 Å². The number of phenols is 1. The van der Waals surface area contributed by atoms with Gasteiger partial charge in [0.05, 0.1) is 32.4 Å². The number of nitrogens with two attached hydrogens (primary N) is 1. The average Bonchev–Trinajstić information content (AvgIpc) is 2.63. The van der Waals surface area contributed by atoms with Crippen LogP contribution in [0.25, 0.3) is 0 Å². The van der Waals surface area contributed by atoms with Crippen molar-refractivity contribution in [2.75, 3.05) is 26.9 Å². The smallest absolute Gasteiger partial charge is 0.161 e. The molecule has 0 fully saturated rings. The number of fused-ring (bicyclic) bond motifs is 1. The molecule has 1 atom stereocenters. The fraction of sp³-hybridized carbons (Fsp3) is 0.400. The molecule has 134 valence electrons. The van der Waals surface area contributed by atoms with Gasteiger partial charge in [0, 0.05) is 12.0 Å². The monoisotopic (exact) mass is 344 g/mol. The molecule has 1 aliphatic rings. The fourth-order valence-electron chi connectivity index (χ4n) is 3.40. The van der Waals surface area contributed by atoms with Crippen LogP contribution in [0.1, 0.15) is 36.6 Å². The molecule has 0 saturated carbocycles. The SMILES string of the molecule is CCOc1cc2c(cc1OCC)[C@H](c1cc(OC)ccc1O)[NH2+]CC2. The van der Waals surface area contributed by atoms with E-state index in [0.29, 0.717) is 13.2 Å². The van der Waals surface area contributed by atoms with E-state index in [1.807, 2.05) is 19.9 Å². The van der Waals surface area contributed by atoms with Gasteiger partial charge in [-0.2, -0.15) is 0 Å². The van der Waals surface area contributed by atoms with Crippen LogP contribution >= 0.6 is 0 Å². The van der Waals surface area contributed by atoms with Gasteiger partial charge in [0.25, 0.3) is 0 Å². The number of hydrogen-bond acceptors (Lipinski definition) is 4. The highest BCUT2D eigenvalue weighted by Gasteiger charge is 2.29. The number of phenolic OH excluding ortho intramolecular Hbond substituents is 1. The van der Waals surface area contributed by atoms with Crippen LogP contribution < -0.4 is 19.5 Å². The molecule has 0 unspecified atom stereocenters. The Morgan fingerprint density at radius 2 is 1.76 bits per heavy atom. The predicted octanol–water partition coefficient (Wildman–Crippen LogP) is 2.41. The van der Waals surface area contributed by atoms with Gasteiger partial charge < -0.3 is 24.6 Å². The molecule has 1 aliphatic heterocycles. The van der Waals surface area contributed by atoms with Gasteiger partial charge in [0.2, 0.25) is 0 Å². The second kappa shape index (κ2) is 7.66. The van der Waals surface area contributed by atoms with E-state index in [0.717, 1.165) is 41.3 Å². The molecule has 0 aromatic heterocycles. The van der Waals surface area contributed by atoms with Gasteiger partial charge in [0.1, 0.15) is 17.5 Å². The minimum atomic E-state index is 0.00809. The second-order valence-electron chi connectivity index (χ2n) is 6.04. The average molecular weight is 344 g/mol. The maximum Gasteiger partial charge on any atom is 0.161 e. The molecule has 0 aliphatic carbocycles. The lowest BCUT2D eigenvalue weighted by Crippen LogP contribution is -2.87. The van der Waals surface area contributed by atoms with Crippen LogP contribution in [0.15, 0.2) is 30.3 Å². The Morgan fingerprint density at radius 3 is 2.44 bits per heavy atom. The van der Waals surface area contributed by atoms with Crippen molar-refractivity contribution in [3.05, 3.63) is 47.0 Å². The Labute approximate surface area is 148 Å². The second-order valence-corrected chi connectivity index (χ2v) is 6.04. The van der Waals surface area contributed by atoms with Crippen LogP contribution in [-0.4, -0.2) is 32.0 Å². The first-order valence-corrected chi connectivity index (χ1v) is 8.80. The van der Waals surface area contributed by atoms with Crippen molar-refractivity contribution in [1.82, 2.24) is 0 Å². The summed E-state index contributed by atoms with van der Waals surface area (Å²) in [5, 5.41) is 12.6. The Balaban J connectivity index is 2.08. The number of hydrogen-bond donors (Lipinski definition) is 2. The van der Waals surface area contributed by atoms with Gasteiger partial charge in [-0.15, -0.1) is 0 Å². The molecule has 0 saturated heterocycles. The van der Waals surface area contributed by atoms with E-state index < -0.39 is 0 Å². The highest BCUT2D eigenvalue weighted by molar-refractivity contribution is 5.52. The molecule has 3 rings (SSSR count). The third-order valence-corrected chi connectivity index (χ3v) is 4.53. The lowest BCUT2D eigenvalue weighted by atomic mass is 9.89. The lowest BCUT2D eigenvalue weighted by Gasteiger charge is -2.26. The molecule has 5 heteroatoms. The molecule has 1 heterocycles. The van der Waals surface area contributed by atoms with Crippen LogP contribution in [-0.2, 0) is 6.42 Å². The van der Waals surface area contributed by atoms with E-state index >= 15 is 0 Å². The maximum absolute atomic E-state index is 10.4. The summed E-state index contributed by atoms with van der Waals surface area (Å²) in [5.74, 6) is 2.57. The Bertz CT molecular complexity index is 745. The van der Waals surface area contributed by atoms with Crippen LogP contribution in [0.5, 0.6) is 23.0 Å². The summed E-state index contributed by atoms with van der Waals surface area (Å²) < 4.78 is 16.9. The zero-order valence-corrected chi connectivity index (χ0v) is 15.0. The standard InChI is InChI=1S/C20H25NO4/c1-4-24-18-10-13-8-9-21-20(15(13)12-19(18)25-5-2)16-11-14(23-3)6-7-17(16)22/h6-7,10-12,20-22H,4-5,8-9H2,1-3H3/p+1/t20-/m1/s1. The largest absolute Gasteiger partial charge is 0.507 e. The lowest BCUT2D eigenvalue weighted by molar-refractivity contribution is -0.690. The molecule has 0 bridgehead atoms.